The van der Waals surface area contributed by atoms with Gasteiger partial charge in [0.15, 0.2) is 0 Å². The van der Waals surface area contributed by atoms with Crippen molar-refractivity contribution in [3.63, 3.8) is 0 Å². The third-order valence-corrected chi connectivity index (χ3v) is 6.42. The van der Waals surface area contributed by atoms with E-state index in [4.69, 9.17) is 9.97 Å². The number of pyridine rings is 1. The number of nitrogens with zero attached hydrogens (tertiary/aromatic N) is 3. The summed E-state index contributed by atoms with van der Waals surface area (Å²) in [7, 11) is 0. The minimum absolute atomic E-state index is 0.355. The van der Waals surface area contributed by atoms with Crippen molar-refractivity contribution in [2.45, 2.75) is 13.5 Å². The number of benzene rings is 2. The zero-order valence-corrected chi connectivity index (χ0v) is 17.9. The molecule has 2 aromatic carbocycles. The van der Waals surface area contributed by atoms with E-state index in [2.05, 4.69) is 23.3 Å². The molecule has 31 heavy (non-hydrogen) atoms. The monoisotopic (exact) mass is 427 g/mol. The number of para-hydroxylation sites is 1. The third kappa shape index (κ3) is 3.65. The Kier molecular flexibility index (Phi) is 5.10. The molecule has 0 saturated carbocycles. The number of hydrogen-bond acceptors (Lipinski definition) is 5. The van der Waals surface area contributed by atoms with Gasteiger partial charge in [0.2, 0.25) is 0 Å². The van der Waals surface area contributed by atoms with Crippen LogP contribution in [-0.4, -0.2) is 39.0 Å². The van der Waals surface area contributed by atoms with E-state index in [0.29, 0.717) is 29.6 Å². The predicted molar refractivity (Wildman–Crippen MR) is 125 cm³/mol. The van der Waals surface area contributed by atoms with Crippen molar-refractivity contribution >= 4 is 39.9 Å². The number of aromatic carboxylic acids is 1. The van der Waals surface area contributed by atoms with E-state index in [1.165, 1.54) is 0 Å². The third-order valence-electron chi connectivity index (χ3n) is 5.62. The fourth-order valence-electron chi connectivity index (χ4n) is 4.09. The molecule has 1 aliphatic heterocycles. The van der Waals surface area contributed by atoms with Crippen LogP contribution in [-0.2, 0) is 6.54 Å². The highest BCUT2D eigenvalue weighted by Crippen LogP contribution is 2.34. The maximum absolute atomic E-state index is 12.2. The standard InChI is InChI=1S/C25H21N3O2S/c1-2-28-13-17(12-22-26-21(15-31-22)16-8-4-3-5-9-16)24-19(14-28)23(25(29)30)18-10-6-7-11-20(18)27-24/h3-12,15H,2,13-14H2,1H3,(H,29,30)/b17-12-. The number of carboxylic acids is 1. The summed E-state index contributed by atoms with van der Waals surface area (Å²) in [6.45, 7) is 4.22. The summed E-state index contributed by atoms with van der Waals surface area (Å²) in [5.74, 6) is -0.909. The number of carbonyl (C=O) groups is 1. The van der Waals surface area contributed by atoms with E-state index in [9.17, 15) is 9.90 Å². The maximum Gasteiger partial charge on any atom is 0.336 e. The number of rotatable bonds is 4. The Labute approximate surface area is 184 Å². The van der Waals surface area contributed by atoms with Crippen LogP contribution in [0, 0.1) is 0 Å². The molecule has 4 aromatic rings. The van der Waals surface area contributed by atoms with E-state index < -0.39 is 5.97 Å². The van der Waals surface area contributed by atoms with Gasteiger partial charge in [0, 0.05) is 35.0 Å². The van der Waals surface area contributed by atoms with Gasteiger partial charge in [-0.1, -0.05) is 55.5 Å². The topological polar surface area (TPSA) is 66.3 Å². The second-order valence-corrected chi connectivity index (χ2v) is 8.44. The lowest BCUT2D eigenvalue weighted by molar-refractivity contribution is 0.0696. The quantitative estimate of drug-likeness (QED) is 0.470. The Morgan fingerprint density at radius 3 is 2.65 bits per heavy atom. The summed E-state index contributed by atoms with van der Waals surface area (Å²) < 4.78 is 0. The fourth-order valence-corrected chi connectivity index (χ4v) is 4.88. The van der Waals surface area contributed by atoms with E-state index in [1.54, 1.807) is 11.3 Å². The molecule has 0 radical (unpaired) electrons. The van der Waals surface area contributed by atoms with Crippen molar-refractivity contribution in [1.29, 1.82) is 0 Å². The molecule has 5 rings (SSSR count). The van der Waals surface area contributed by atoms with Gasteiger partial charge in [-0.3, -0.25) is 4.90 Å². The lowest BCUT2D eigenvalue weighted by Crippen LogP contribution is -2.31. The molecule has 2 aromatic heterocycles. The molecule has 0 unspecified atom stereocenters. The first kappa shape index (κ1) is 19.6. The predicted octanol–water partition coefficient (Wildman–Crippen LogP) is 5.43. The lowest BCUT2D eigenvalue weighted by atomic mass is 9.93. The molecule has 0 fully saturated rings. The lowest BCUT2D eigenvalue weighted by Gasteiger charge is -2.30. The van der Waals surface area contributed by atoms with Crippen molar-refractivity contribution < 1.29 is 9.90 Å². The molecule has 0 bridgehead atoms. The molecule has 0 atom stereocenters. The van der Waals surface area contributed by atoms with Gasteiger partial charge in [0.05, 0.1) is 22.5 Å². The number of carboxylic acid groups (broad SMARTS) is 1. The first-order chi connectivity index (χ1) is 15.1. The van der Waals surface area contributed by atoms with Gasteiger partial charge < -0.3 is 5.11 Å². The van der Waals surface area contributed by atoms with Crippen molar-refractivity contribution in [1.82, 2.24) is 14.9 Å². The van der Waals surface area contributed by atoms with Crippen LogP contribution in [0.5, 0.6) is 0 Å². The van der Waals surface area contributed by atoms with Gasteiger partial charge in [0.1, 0.15) is 5.01 Å². The molecule has 0 saturated heterocycles. The van der Waals surface area contributed by atoms with Gasteiger partial charge in [0.25, 0.3) is 0 Å². The van der Waals surface area contributed by atoms with Gasteiger partial charge >= 0.3 is 5.97 Å². The molecule has 5 nitrogen and oxygen atoms in total. The van der Waals surface area contributed by atoms with Gasteiger partial charge in [-0.05, 0) is 24.3 Å². The summed E-state index contributed by atoms with van der Waals surface area (Å²) >= 11 is 1.59. The Morgan fingerprint density at radius 1 is 1.10 bits per heavy atom. The van der Waals surface area contributed by atoms with Gasteiger partial charge in [-0.2, -0.15) is 0 Å². The van der Waals surface area contributed by atoms with E-state index in [1.807, 2.05) is 54.6 Å². The summed E-state index contributed by atoms with van der Waals surface area (Å²) in [4.78, 5) is 24.2. The number of hydrogen-bond donors (Lipinski definition) is 1. The maximum atomic E-state index is 12.2. The number of thiazole rings is 1. The minimum atomic E-state index is -0.909. The molecule has 0 aliphatic carbocycles. The van der Waals surface area contributed by atoms with Crippen molar-refractivity contribution in [2.24, 2.45) is 0 Å². The van der Waals surface area contributed by atoms with Crippen molar-refractivity contribution in [3.8, 4) is 11.3 Å². The molecule has 1 aliphatic rings. The molecule has 0 spiro atoms. The molecule has 6 heteroatoms. The number of fused-ring (bicyclic) bond motifs is 2. The number of likely N-dealkylation sites (N-methyl/N-ethyl adjacent to an activating group) is 1. The summed E-state index contributed by atoms with van der Waals surface area (Å²) in [6, 6.07) is 17.6. The first-order valence-electron chi connectivity index (χ1n) is 10.2. The molecular formula is C25H21N3O2S. The zero-order chi connectivity index (χ0) is 21.4. The van der Waals surface area contributed by atoms with E-state index in [-0.39, 0.29) is 0 Å². The summed E-state index contributed by atoms with van der Waals surface area (Å²) in [5.41, 5.74) is 5.65. The summed E-state index contributed by atoms with van der Waals surface area (Å²) in [6.07, 6.45) is 2.06. The average Bonchev–Trinajstić information content (AvgIpc) is 3.26. The van der Waals surface area contributed by atoms with Crippen LogP contribution in [0.1, 0.15) is 33.5 Å². The smallest absolute Gasteiger partial charge is 0.336 e. The first-order valence-corrected chi connectivity index (χ1v) is 11.1. The van der Waals surface area contributed by atoms with E-state index >= 15 is 0 Å². The van der Waals surface area contributed by atoms with E-state index in [0.717, 1.165) is 39.6 Å². The Bertz CT molecular complexity index is 1310. The molecule has 154 valence electrons. The van der Waals surface area contributed by atoms with Crippen LogP contribution in [0.3, 0.4) is 0 Å². The zero-order valence-electron chi connectivity index (χ0n) is 17.1. The SMILES string of the molecule is CCN1C/C(=C/c2nc(-c3ccccc3)cs2)c2nc3ccccc3c(C(=O)O)c2C1. The second-order valence-electron chi connectivity index (χ2n) is 7.55. The van der Waals surface area contributed by atoms with Crippen LogP contribution >= 0.6 is 11.3 Å². The largest absolute Gasteiger partial charge is 0.478 e. The van der Waals surface area contributed by atoms with Crippen molar-refractivity contribution in [2.75, 3.05) is 13.1 Å². The molecular weight excluding hydrogens is 406 g/mol. The Hall–Kier alpha value is -3.35. The average molecular weight is 428 g/mol. The minimum Gasteiger partial charge on any atom is -0.478 e. The second kappa shape index (κ2) is 8.06. The number of aromatic nitrogens is 2. The summed E-state index contributed by atoms with van der Waals surface area (Å²) in [5, 5.41) is 13.7. The fraction of sp³-hybridized carbons (Fsp3) is 0.160. The Morgan fingerprint density at radius 2 is 1.87 bits per heavy atom. The normalized spacial score (nSPS) is 15.3. The van der Waals surface area contributed by atoms with Crippen LogP contribution in [0.15, 0.2) is 60.0 Å². The van der Waals surface area contributed by atoms with Crippen LogP contribution < -0.4 is 0 Å². The van der Waals surface area contributed by atoms with Crippen LogP contribution in [0.4, 0.5) is 0 Å². The Balaban J connectivity index is 1.66. The van der Waals surface area contributed by atoms with Crippen molar-refractivity contribution in [3.05, 3.63) is 81.8 Å². The molecule has 0 amide bonds. The highest BCUT2D eigenvalue weighted by molar-refractivity contribution is 7.10. The molecule has 1 N–H and O–H groups in total. The molecule has 3 heterocycles. The van der Waals surface area contributed by atoms with Crippen LogP contribution in [0.25, 0.3) is 33.8 Å². The van der Waals surface area contributed by atoms with Gasteiger partial charge in [-0.25, -0.2) is 14.8 Å². The van der Waals surface area contributed by atoms with Gasteiger partial charge in [-0.15, -0.1) is 11.3 Å². The van der Waals surface area contributed by atoms with Crippen LogP contribution in [0.2, 0.25) is 0 Å². The highest BCUT2D eigenvalue weighted by atomic mass is 32.1. The highest BCUT2D eigenvalue weighted by Gasteiger charge is 2.28.